The minimum Gasteiger partial charge on any atom is -0.459 e. The van der Waals surface area contributed by atoms with Crippen molar-refractivity contribution >= 4 is 5.97 Å². The van der Waals surface area contributed by atoms with E-state index in [0.29, 0.717) is 12.2 Å². The molecule has 78 valence electrons. The maximum absolute atomic E-state index is 11.0. The summed E-state index contributed by atoms with van der Waals surface area (Å²) in [6, 6.07) is 0. The fourth-order valence-electron chi connectivity index (χ4n) is 0.657. The number of rotatable bonds is 7. The molecule has 0 rings (SSSR count). The molecule has 0 aliphatic heterocycles. The van der Waals surface area contributed by atoms with Crippen LogP contribution in [0, 0.1) is 0 Å². The topological polar surface area (TPSA) is 35.5 Å². The molecule has 0 spiro atoms. The van der Waals surface area contributed by atoms with Crippen LogP contribution >= 0.6 is 0 Å². The van der Waals surface area contributed by atoms with Gasteiger partial charge in [0.25, 0.3) is 0 Å². The van der Waals surface area contributed by atoms with Crippen LogP contribution in [0.4, 0.5) is 0 Å². The summed E-state index contributed by atoms with van der Waals surface area (Å²) in [7, 11) is 0. The molecule has 1 atom stereocenters. The van der Waals surface area contributed by atoms with Gasteiger partial charge < -0.3 is 9.47 Å². The molecule has 0 aromatic heterocycles. The molecule has 0 aliphatic carbocycles. The van der Waals surface area contributed by atoms with Gasteiger partial charge in [-0.2, -0.15) is 0 Å². The molecular weight excluding hydrogens is 180 g/mol. The van der Waals surface area contributed by atoms with Crippen molar-refractivity contribution in [3.8, 4) is 0 Å². The Morgan fingerprint density at radius 3 is 2.57 bits per heavy atom. The summed E-state index contributed by atoms with van der Waals surface area (Å²) in [4.78, 5) is 11.0. The van der Waals surface area contributed by atoms with E-state index in [1.807, 2.05) is 0 Å². The van der Waals surface area contributed by atoms with Gasteiger partial charge in [0.15, 0.2) is 0 Å². The fraction of sp³-hybridized carbons (Fsp3) is 0.364. The van der Waals surface area contributed by atoms with Gasteiger partial charge in [0.1, 0.15) is 12.7 Å². The molecule has 0 saturated carbocycles. The summed E-state index contributed by atoms with van der Waals surface area (Å²) in [5.74, 6) is -0.418. The van der Waals surface area contributed by atoms with Crippen molar-refractivity contribution in [1.29, 1.82) is 0 Å². The summed E-state index contributed by atoms with van der Waals surface area (Å²) in [5.41, 5.74) is 0.372. The first-order chi connectivity index (χ1) is 6.61. The second kappa shape index (κ2) is 7.09. The lowest BCUT2D eigenvalue weighted by Gasteiger charge is -2.12. The number of esters is 1. The molecule has 3 heteroatoms. The maximum atomic E-state index is 11.0. The Morgan fingerprint density at radius 2 is 2.14 bits per heavy atom. The third kappa shape index (κ3) is 5.32. The molecule has 0 saturated heterocycles. The van der Waals surface area contributed by atoms with E-state index in [0.717, 1.165) is 0 Å². The van der Waals surface area contributed by atoms with Crippen LogP contribution in [0.25, 0.3) is 0 Å². The highest BCUT2D eigenvalue weighted by atomic mass is 16.6. The zero-order valence-electron chi connectivity index (χ0n) is 8.49. The molecule has 0 bridgehead atoms. The van der Waals surface area contributed by atoms with E-state index in [1.165, 1.54) is 0 Å². The Labute approximate surface area is 84.7 Å². The average Bonchev–Trinajstić information content (AvgIpc) is 2.17. The standard InChI is InChI=1S/C11H16O3/c1-5-7-13-10(6-2)8-14-11(12)9(3)4/h5-6,10H,1-3,7-8H2,4H3. The Balaban J connectivity index is 3.82. The lowest BCUT2D eigenvalue weighted by molar-refractivity contribution is -0.141. The second-order valence-corrected chi connectivity index (χ2v) is 2.77. The molecule has 3 nitrogen and oxygen atoms in total. The van der Waals surface area contributed by atoms with Gasteiger partial charge in [-0.25, -0.2) is 4.79 Å². The summed E-state index contributed by atoms with van der Waals surface area (Å²) >= 11 is 0. The van der Waals surface area contributed by atoms with Crippen molar-refractivity contribution in [2.45, 2.75) is 13.0 Å². The van der Waals surface area contributed by atoms with Crippen molar-refractivity contribution in [3.05, 3.63) is 37.5 Å². The van der Waals surface area contributed by atoms with Crippen LogP contribution in [0.1, 0.15) is 6.92 Å². The normalized spacial score (nSPS) is 11.5. The van der Waals surface area contributed by atoms with E-state index in [4.69, 9.17) is 9.47 Å². The number of hydrogen-bond acceptors (Lipinski definition) is 3. The van der Waals surface area contributed by atoms with Crippen LogP contribution in [0.3, 0.4) is 0 Å². The molecule has 14 heavy (non-hydrogen) atoms. The van der Waals surface area contributed by atoms with Crippen molar-refractivity contribution in [2.24, 2.45) is 0 Å². The molecule has 0 amide bonds. The highest BCUT2D eigenvalue weighted by Crippen LogP contribution is 1.98. The van der Waals surface area contributed by atoms with Crippen LogP contribution in [0.15, 0.2) is 37.5 Å². The number of carbonyl (C=O) groups excluding carboxylic acids is 1. The van der Waals surface area contributed by atoms with Gasteiger partial charge in [0.2, 0.25) is 0 Å². The van der Waals surface area contributed by atoms with Crippen molar-refractivity contribution in [3.63, 3.8) is 0 Å². The molecule has 0 aliphatic rings. The quantitative estimate of drug-likeness (QED) is 0.354. The van der Waals surface area contributed by atoms with E-state index in [1.54, 1.807) is 19.1 Å². The van der Waals surface area contributed by atoms with Crippen molar-refractivity contribution in [2.75, 3.05) is 13.2 Å². The Bertz CT molecular complexity index is 231. The zero-order chi connectivity index (χ0) is 11.0. The summed E-state index contributed by atoms with van der Waals surface area (Å²) < 4.78 is 10.1. The smallest absolute Gasteiger partial charge is 0.333 e. The van der Waals surface area contributed by atoms with Gasteiger partial charge in [0, 0.05) is 5.57 Å². The molecule has 0 radical (unpaired) electrons. The van der Waals surface area contributed by atoms with Crippen LogP contribution in [-0.4, -0.2) is 25.3 Å². The summed E-state index contributed by atoms with van der Waals surface area (Å²) in [6.45, 7) is 12.7. The van der Waals surface area contributed by atoms with E-state index >= 15 is 0 Å². The number of hydrogen-bond donors (Lipinski definition) is 0. The summed E-state index contributed by atoms with van der Waals surface area (Å²) in [6.07, 6.45) is 2.91. The molecule has 0 aromatic rings. The Kier molecular flexibility index (Phi) is 6.41. The number of ether oxygens (including phenoxy) is 2. The highest BCUT2D eigenvalue weighted by Gasteiger charge is 2.08. The van der Waals surface area contributed by atoms with Crippen LogP contribution in [0.2, 0.25) is 0 Å². The summed E-state index contributed by atoms with van der Waals surface area (Å²) in [5, 5.41) is 0. The minimum absolute atomic E-state index is 0.156. The highest BCUT2D eigenvalue weighted by molar-refractivity contribution is 5.86. The van der Waals surface area contributed by atoms with Gasteiger partial charge in [-0.1, -0.05) is 18.7 Å². The predicted molar refractivity (Wildman–Crippen MR) is 55.9 cm³/mol. The minimum atomic E-state index is -0.418. The Morgan fingerprint density at radius 1 is 1.50 bits per heavy atom. The SMILES string of the molecule is C=CCOC(C=C)COC(=O)C(=C)C. The van der Waals surface area contributed by atoms with E-state index < -0.39 is 5.97 Å². The molecular formula is C11H16O3. The van der Waals surface area contributed by atoms with Crippen LogP contribution in [0.5, 0.6) is 0 Å². The second-order valence-electron chi connectivity index (χ2n) is 2.77. The third-order valence-electron chi connectivity index (χ3n) is 1.42. The Hall–Kier alpha value is -1.35. The fourth-order valence-corrected chi connectivity index (χ4v) is 0.657. The van der Waals surface area contributed by atoms with Gasteiger partial charge >= 0.3 is 5.97 Å². The van der Waals surface area contributed by atoms with Gasteiger partial charge in [-0.3, -0.25) is 0 Å². The first kappa shape index (κ1) is 12.7. The maximum Gasteiger partial charge on any atom is 0.333 e. The van der Waals surface area contributed by atoms with E-state index in [-0.39, 0.29) is 12.7 Å². The van der Waals surface area contributed by atoms with Crippen LogP contribution < -0.4 is 0 Å². The molecule has 1 unspecified atom stereocenters. The molecule has 0 heterocycles. The van der Waals surface area contributed by atoms with Crippen molar-refractivity contribution < 1.29 is 14.3 Å². The lowest BCUT2D eigenvalue weighted by atomic mass is 10.3. The largest absolute Gasteiger partial charge is 0.459 e. The van der Waals surface area contributed by atoms with Crippen molar-refractivity contribution in [1.82, 2.24) is 0 Å². The molecule has 0 N–H and O–H groups in total. The molecule has 0 fully saturated rings. The van der Waals surface area contributed by atoms with Gasteiger partial charge in [0.05, 0.1) is 6.61 Å². The average molecular weight is 196 g/mol. The number of carbonyl (C=O) groups is 1. The third-order valence-corrected chi connectivity index (χ3v) is 1.42. The monoisotopic (exact) mass is 196 g/mol. The zero-order valence-corrected chi connectivity index (χ0v) is 8.49. The van der Waals surface area contributed by atoms with Crippen LogP contribution in [-0.2, 0) is 14.3 Å². The van der Waals surface area contributed by atoms with E-state index in [2.05, 4.69) is 19.7 Å². The predicted octanol–water partition coefficient (Wildman–Crippen LogP) is 1.86. The van der Waals surface area contributed by atoms with E-state index in [9.17, 15) is 4.79 Å². The molecule has 0 aromatic carbocycles. The first-order valence-corrected chi connectivity index (χ1v) is 4.29. The first-order valence-electron chi connectivity index (χ1n) is 4.29. The van der Waals surface area contributed by atoms with Gasteiger partial charge in [-0.05, 0) is 6.92 Å². The van der Waals surface area contributed by atoms with Gasteiger partial charge in [-0.15, -0.1) is 13.2 Å². The lowest BCUT2D eigenvalue weighted by Crippen LogP contribution is -2.20.